The molecule has 0 bridgehead atoms. The van der Waals surface area contributed by atoms with Crippen molar-refractivity contribution in [2.45, 2.75) is 6.92 Å². The number of nitrogens with zero attached hydrogens (tertiary/aromatic N) is 1. The second-order valence-corrected chi connectivity index (χ2v) is 3.57. The summed E-state index contributed by atoms with van der Waals surface area (Å²) in [5.74, 6) is 0.485. The van der Waals surface area contributed by atoms with Crippen LogP contribution in [0.5, 0.6) is 0 Å². The number of halogens is 1. The van der Waals surface area contributed by atoms with Crippen LogP contribution in [0.3, 0.4) is 0 Å². The Balaban J connectivity index is 2.53. The van der Waals surface area contributed by atoms with E-state index < -0.39 is 0 Å². The zero-order valence-corrected chi connectivity index (χ0v) is 8.78. The zero-order chi connectivity index (χ0) is 10.8. The predicted molar refractivity (Wildman–Crippen MR) is 57.1 cm³/mol. The van der Waals surface area contributed by atoms with Gasteiger partial charge in [0.05, 0.1) is 11.3 Å². The van der Waals surface area contributed by atoms with Crippen molar-refractivity contribution >= 4 is 17.9 Å². The molecule has 0 radical (unpaired) electrons. The van der Waals surface area contributed by atoms with Gasteiger partial charge >= 0.3 is 0 Å². The maximum absolute atomic E-state index is 10.8. The lowest BCUT2D eigenvalue weighted by Gasteiger charge is -1.96. The second kappa shape index (κ2) is 3.87. The monoisotopic (exact) mass is 221 g/mol. The molecule has 0 fully saturated rings. The fourth-order valence-electron chi connectivity index (χ4n) is 1.33. The highest BCUT2D eigenvalue weighted by Crippen LogP contribution is 2.25. The molecule has 0 spiro atoms. The Kier molecular flexibility index (Phi) is 2.56. The second-order valence-electron chi connectivity index (χ2n) is 3.14. The summed E-state index contributed by atoms with van der Waals surface area (Å²) in [5.41, 5.74) is 1.87. The van der Waals surface area contributed by atoms with Crippen LogP contribution in [0.25, 0.3) is 11.3 Å². The average Bonchev–Trinajstić information content (AvgIpc) is 2.61. The molecule has 0 unspecified atom stereocenters. The quantitative estimate of drug-likeness (QED) is 0.732. The first-order chi connectivity index (χ1) is 7.22. The maximum Gasteiger partial charge on any atom is 0.177 e. The van der Waals surface area contributed by atoms with Gasteiger partial charge in [0.15, 0.2) is 12.0 Å². The van der Waals surface area contributed by atoms with Gasteiger partial charge in [-0.1, -0.05) is 16.8 Å². The Morgan fingerprint density at radius 3 is 2.60 bits per heavy atom. The van der Waals surface area contributed by atoms with Gasteiger partial charge in [-0.2, -0.15) is 0 Å². The normalized spacial score (nSPS) is 10.3. The van der Waals surface area contributed by atoms with E-state index in [4.69, 9.17) is 16.1 Å². The van der Waals surface area contributed by atoms with Crippen LogP contribution in [0.4, 0.5) is 0 Å². The van der Waals surface area contributed by atoms with Crippen LogP contribution in [0.1, 0.15) is 16.1 Å². The molecule has 76 valence electrons. The lowest BCUT2D eigenvalue weighted by atomic mass is 10.1. The lowest BCUT2D eigenvalue weighted by Crippen LogP contribution is -1.84. The SMILES string of the molecule is Cc1noc(-c2ccc(Cl)cc2)c1C=O. The Bertz CT molecular complexity index is 488. The molecule has 0 saturated carbocycles. The summed E-state index contributed by atoms with van der Waals surface area (Å²) >= 11 is 5.76. The van der Waals surface area contributed by atoms with Gasteiger partial charge < -0.3 is 4.52 Å². The van der Waals surface area contributed by atoms with Crippen molar-refractivity contribution < 1.29 is 9.32 Å². The van der Waals surface area contributed by atoms with Gasteiger partial charge in [-0.15, -0.1) is 0 Å². The van der Waals surface area contributed by atoms with E-state index in [-0.39, 0.29) is 0 Å². The molecule has 2 rings (SSSR count). The third-order valence-electron chi connectivity index (χ3n) is 2.13. The van der Waals surface area contributed by atoms with E-state index in [0.29, 0.717) is 22.0 Å². The summed E-state index contributed by atoms with van der Waals surface area (Å²) in [7, 11) is 0. The minimum atomic E-state index is 0.484. The zero-order valence-electron chi connectivity index (χ0n) is 8.03. The van der Waals surface area contributed by atoms with Crippen molar-refractivity contribution in [3.8, 4) is 11.3 Å². The van der Waals surface area contributed by atoms with Crippen LogP contribution in [0, 0.1) is 6.92 Å². The first kappa shape index (κ1) is 9.93. The first-order valence-corrected chi connectivity index (χ1v) is 4.77. The largest absolute Gasteiger partial charge is 0.355 e. The topological polar surface area (TPSA) is 43.1 Å². The van der Waals surface area contributed by atoms with E-state index in [1.165, 1.54) is 0 Å². The smallest absolute Gasteiger partial charge is 0.177 e. The summed E-state index contributed by atoms with van der Waals surface area (Å²) in [5, 5.41) is 4.39. The number of rotatable bonds is 2. The summed E-state index contributed by atoms with van der Waals surface area (Å²) in [4.78, 5) is 10.8. The standard InChI is InChI=1S/C11H8ClNO2/c1-7-10(6-14)11(15-13-7)8-2-4-9(12)5-3-8/h2-6H,1H3. The van der Waals surface area contributed by atoms with Crippen molar-refractivity contribution in [1.82, 2.24) is 5.16 Å². The van der Waals surface area contributed by atoms with Gasteiger partial charge in [-0.3, -0.25) is 4.79 Å². The summed E-state index contributed by atoms with van der Waals surface area (Å²) in [6.45, 7) is 1.73. The van der Waals surface area contributed by atoms with E-state index in [0.717, 1.165) is 11.8 Å². The fraction of sp³-hybridized carbons (Fsp3) is 0.0909. The minimum absolute atomic E-state index is 0.484. The van der Waals surface area contributed by atoms with Crippen LogP contribution >= 0.6 is 11.6 Å². The number of carbonyl (C=O) groups excluding carboxylic acids is 1. The molecule has 0 aliphatic rings. The Hall–Kier alpha value is -1.61. The molecule has 0 amide bonds. The minimum Gasteiger partial charge on any atom is -0.355 e. The molecule has 0 aliphatic carbocycles. The Morgan fingerprint density at radius 1 is 1.33 bits per heavy atom. The molecule has 0 N–H and O–H groups in total. The fourth-order valence-corrected chi connectivity index (χ4v) is 1.45. The molecule has 1 aromatic carbocycles. The average molecular weight is 222 g/mol. The van der Waals surface area contributed by atoms with Crippen LogP contribution in [-0.4, -0.2) is 11.4 Å². The number of carbonyl (C=O) groups is 1. The Morgan fingerprint density at radius 2 is 2.00 bits per heavy atom. The van der Waals surface area contributed by atoms with Crippen molar-refractivity contribution in [2.24, 2.45) is 0 Å². The lowest BCUT2D eigenvalue weighted by molar-refractivity contribution is 0.112. The van der Waals surface area contributed by atoms with Gasteiger partial charge in [0, 0.05) is 10.6 Å². The van der Waals surface area contributed by atoms with Gasteiger partial charge in [0.25, 0.3) is 0 Å². The third kappa shape index (κ3) is 1.78. The van der Waals surface area contributed by atoms with Crippen LogP contribution in [-0.2, 0) is 0 Å². The van der Waals surface area contributed by atoms with Crippen LogP contribution < -0.4 is 0 Å². The van der Waals surface area contributed by atoms with Crippen LogP contribution in [0.15, 0.2) is 28.8 Å². The molecule has 1 heterocycles. The highest BCUT2D eigenvalue weighted by Gasteiger charge is 2.13. The van der Waals surface area contributed by atoms with E-state index >= 15 is 0 Å². The van der Waals surface area contributed by atoms with E-state index in [1.54, 1.807) is 31.2 Å². The van der Waals surface area contributed by atoms with E-state index in [9.17, 15) is 4.79 Å². The van der Waals surface area contributed by atoms with Gasteiger partial charge in [0.2, 0.25) is 0 Å². The maximum atomic E-state index is 10.8. The van der Waals surface area contributed by atoms with E-state index in [1.807, 2.05) is 0 Å². The van der Waals surface area contributed by atoms with Gasteiger partial charge in [-0.05, 0) is 31.2 Å². The summed E-state index contributed by atoms with van der Waals surface area (Å²) < 4.78 is 5.09. The number of hydrogen-bond acceptors (Lipinski definition) is 3. The van der Waals surface area contributed by atoms with Gasteiger partial charge in [-0.25, -0.2) is 0 Å². The van der Waals surface area contributed by atoms with Gasteiger partial charge in [0.1, 0.15) is 0 Å². The summed E-state index contributed by atoms with van der Waals surface area (Å²) in [6, 6.07) is 7.05. The third-order valence-corrected chi connectivity index (χ3v) is 2.38. The van der Waals surface area contributed by atoms with E-state index in [2.05, 4.69) is 5.16 Å². The molecule has 1 aromatic heterocycles. The molecular weight excluding hydrogens is 214 g/mol. The van der Waals surface area contributed by atoms with Crippen molar-refractivity contribution in [3.63, 3.8) is 0 Å². The highest BCUT2D eigenvalue weighted by molar-refractivity contribution is 6.30. The number of aryl methyl sites for hydroxylation is 1. The Labute approximate surface area is 91.6 Å². The molecule has 15 heavy (non-hydrogen) atoms. The molecule has 2 aromatic rings. The molecule has 3 nitrogen and oxygen atoms in total. The van der Waals surface area contributed by atoms with Crippen molar-refractivity contribution in [3.05, 3.63) is 40.5 Å². The van der Waals surface area contributed by atoms with Crippen LogP contribution in [0.2, 0.25) is 5.02 Å². The number of aromatic nitrogens is 1. The molecule has 0 saturated heterocycles. The molecule has 0 atom stereocenters. The number of aldehydes is 1. The molecular formula is C11H8ClNO2. The molecule has 0 aliphatic heterocycles. The summed E-state index contributed by atoms with van der Waals surface area (Å²) in [6.07, 6.45) is 0.746. The molecule has 4 heteroatoms. The first-order valence-electron chi connectivity index (χ1n) is 4.40. The van der Waals surface area contributed by atoms with Crippen molar-refractivity contribution in [2.75, 3.05) is 0 Å². The highest BCUT2D eigenvalue weighted by atomic mass is 35.5. The number of benzene rings is 1. The predicted octanol–water partition coefficient (Wildman–Crippen LogP) is 3.12. The van der Waals surface area contributed by atoms with Crippen molar-refractivity contribution in [1.29, 1.82) is 0 Å². The number of hydrogen-bond donors (Lipinski definition) is 0.